The van der Waals surface area contributed by atoms with Crippen LogP contribution in [0.3, 0.4) is 0 Å². The van der Waals surface area contributed by atoms with Gasteiger partial charge in [0.25, 0.3) is 0 Å². The number of amides is 1. The minimum atomic E-state index is -0.335. The average molecular weight is 363 g/mol. The first-order chi connectivity index (χ1) is 12.0. The van der Waals surface area contributed by atoms with E-state index in [-0.39, 0.29) is 11.9 Å². The summed E-state index contributed by atoms with van der Waals surface area (Å²) in [5.41, 5.74) is 0.745. The number of ether oxygens (including phenoxy) is 2. The molecule has 1 amide bonds. The van der Waals surface area contributed by atoms with Gasteiger partial charge >= 0.3 is 0 Å². The van der Waals surface area contributed by atoms with Crippen LogP contribution in [-0.2, 0) is 4.79 Å². The lowest BCUT2D eigenvalue weighted by Gasteiger charge is -2.24. The molecule has 7 nitrogen and oxygen atoms in total. The van der Waals surface area contributed by atoms with Gasteiger partial charge in [0.1, 0.15) is 17.5 Å². The number of halogens is 1. The fourth-order valence-corrected chi connectivity index (χ4v) is 2.95. The minimum absolute atomic E-state index is 0.0173. The molecule has 8 heteroatoms. The predicted octanol–water partition coefficient (Wildman–Crippen LogP) is 2.39. The van der Waals surface area contributed by atoms with Crippen LogP contribution in [0.25, 0.3) is 0 Å². The van der Waals surface area contributed by atoms with E-state index in [0.29, 0.717) is 35.4 Å². The molecule has 1 atom stereocenters. The molecule has 25 heavy (non-hydrogen) atoms. The zero-order valence-corrected chi connectivity index (χ0v) is 15.0. The Kier molecular flexibility index (Phi) is 4.94. The van der Waals surface area contributed by atoms with Crippen molar-refractivity contribution in [2.45, 2.75) is 12.5 Å². The van der Waals surface area contributed by atoms with Gasteiger partial charge in [-0.25, -0.2) is 9.97 Å². The molecule has 0 N–H and O–H groups in total. The molecule has 1 fully saturated rings. The summed E-state index contributed by atoms with van der Waals surface area (Å²) in [5.74, 6) is 1.73. The standard InChI is InChI=1S/C17H19ClN4O3/c1-21(17-19-9-11(18)10-20-17)15-4-5-22(16(15)23)12-6-13(24-2)8-14(7-12)25-3/h6-10,15H,4-5H2,1-3H3. The predicted molar refractivity (Wildman–Crippen MR) is 95.7 cm³/mol. The first-order valence-electron chi connectivity index (χ1n) is 7.78. The number of rotatable bonds is 5. The van der Waals surface area contributed by atoms with Gasteiger partial charge in [0.2, 0.25) is 11.9 Å². The Labute approximate surface area is 151 Å². The molecule has 1 unspecified atom stereocenters. The van der Waals surface area contributed by atoms with E-state index in [2.05, 4.69) is 9.97 Å². The molecular weight excluding hydrogens is 344 g/mol. The largest absolute Gasteiger partial charge is 0.497 e. The van der Waals surface area contributed by atoms with Gasteiger partial charge in [0.05, 0.1) is 37.3 Å². The van der Waals surface area contributed by atoms with E-state index in [1.807, 2.05) is 19.2 Å². The number of anilines is 2. The third-order valence-electron chi connectivity index (χ3n) is 4.21. The molecule has 2 heterocycles. The number of carbonyl (C=O) groups is 1. The maximum atomic E-state index is 12.9. The van der Waals surface area contributed by atoms with Gasteiger partial charge in [-0.15, -0.1) is 0 Å². The lowest BCUT2D eigenvalue weighted by molar-refractivity contribution is -0.118. The van der Waals surface area contributed by atoms with Crippen molar-refractivity contribution < 1.29 is 14.3 Å². The van der Waals surface area contributed by atoms with Gasteiger partial charge in [-0.3, -0.25) is 4.79 Å². The first kappa shape index (κ1) is 17.3. The van der Waals surface area contributed by atoms with Crippen molar-refractivity contribution in [1.82, 2.24) is 9.97 Å². The van der Waals surface area contributed by atoms with Gasteiger partial charge in [-0.05, 0) is 6.42 Å². The SMILES string of the molecule is COc1cc(OC)cc(N2CCC(N(C)c3ncc(Cl)cn3)C2=O)c1. The fourth-order valence-electron chi connectivity index (χ4n) is 2.86. The van der Waals surface area contributed by atoms with E-state index in [0.717, 1.165) is 5.69 Å². The Morgan fingerprint density at radius 2 is 1.76 bits per heavy atom. The van der Waals surface area contributed by atoms with Gasteiger partial charge in [-0.2, -0.15) is 0 Å². The monoisotopic (exact) mass is 362 g/mol. The summed E-state index contributed by atoms with van der Waals surface area (Å²) < 4.78 is 10.6. The Balaban J connectivity index is 1.83. The summed E-state index contributed by atoms with van der Waals surface area (Å²) in [6, 6.07) is 5.08. The number of hydrogen-bond acceptors (Lipinski definition) is 6. The lowest BCUT2D eigenvalue weighted by atomic mass is 10.2. The fraction of sp³-hybridized carbons (Fsp3) is 0.353. The molecule has 1 aromatic carbocycles. The third-order valence-corrected chi connectivity index (χ3v) is 4.41. The molecule has 0 radical (unpaired) electrons. The second-order valence-corrected chi connectivity index (χ2v) is 6.11. The normalized spacial score (nSPS) is 16.9. The molecule has 1 aliphatic rings. The van der Waals surface area contributed by atoms with Crippen LogP contribution in [0.1, 0.15) is 6.42 Å². The van der Waals surface area contributed by atoms with Crippen LogP contribution < -0.4 is 19.3 Å². The number of methoxy groups -OCH3 is 2. The van der Waals surface area contributed by atoms with Crippen LogP contribution in [0.15, 0.2) is 30.6 Å². The van der Waals surface area contributed by atoms with Crippen molar-refractivity contribution in [2.75, 3.05) is 37.6 Å². The van der Waals surface area contributed by atoms with Crippen LogP contribution in [0.2, 0.25) is 5.02 Å². The summed E-state index contributed by atoms with van der Waals surface area (Å²) in [4.78, 5) is 24.8. The van der Waals surface area contributed by atoms with Crippen LogP contribution in [0.4, 0.5) is 11.6 Å². The maximum absolute atomic E-state index is 12.9. The van der Waals surface area contributed by atoms with Crippen molar-refractivity contribution in [3.8, 4) is 11.5 Å². The summed E-state index contributed by atoms with van der Waals surface area (Å²) in [6.07, 6.45) is 3.70. The smallest absolute Gasteiger partial charge is 0.249 e. The molecule has 132 valence electrons. The molecule has 1 saturated heterocycles. The molecule has 1 aromatic heterocycles. The van der Waals surface area contributed by atoms with Crippen molar-refractivity contribution in [2.24, 2.45) is 0 Å². The molecule has 0 saturated carbocycles. The summed E-state index contributed by atoms with van der Waals surface area (Å²) in [7, 11) is 4.97. The molecule has 2 aromatic rings. The summed E-state index contributed by atoms with van der Waals surface area (Å²) in [5, 5.41) is 0.458. The van der Waals surface area contributed by atoms with Gasteiger partial charge in [-0.1, -0.05) is 11.6 Å². The molecule has 0 spiro atoms. The highest BCUT2D eigenvalue weighted by Gasteiger charge is 2.36. The highest BCUT2D eigenvalue weighted by Crippen LogP contribution is 2.32. The maximum Gasteiger partial charge on any atom is 0.249 e. The minimum Gasteiger partial charge on any atom is -0.497 e. The van der Waals surface area contributed by atoms with Crippen LogP contribution in [-0.4, -0.2) is 49.7 Å². The highest BCUT2D eigenvalue weighted by atomic mass is 35.5. The summed E-state index contributed by atoms with van der Waals surface area (Å²) in [6.45, 7) is 0.595. The molecule has 0 aliphatic carbocycles. The molecule has 3 rings (SSSR count). The molecule has 0 bridgehead atoms. The van der Waals surface area contributed by atoms with Gasteiger partial charge in [0.15, 0.2) is 0 Å². The number of benzene rings is 1. The number of aromatic nitrogens is 2. The zero-order valence-electron chi connectivity index (χ0n) is 14.3. The first-order valence-corrected chi connectivity index (χ1v) is 8.16. The zero-order chi connectivity index (χ0) is 18.0. The quantitative estimate of drug-likeness (QED) is 0.813. The third kappa shape index (κ3) is 3.46. The van der Waals surface area contributed by atoms with E-state index in [9.17, 15) is 4.79 Å². The van der Waals surface area contributed by atoms with Crippen molar-refractivity contribution in [3.05, 3.63) is 35.6 Å². The van der Waals surface area contributed by atoms with Crippen molar-refractivity contribution >= 4 is 29.1 Å². The Hall–Kier alpha value is -2.54. The Bertz CT molecular complexity index is 747. The molecule has 1 aliphatic heterocycles. The van der Waals surface area contributed by atoms with E-state index in [1.54, 1.807) is 30.1 Å². The summed E-state index contributed by atoms with van der Waals surface area (Å²) >= 11 is 5.82. The second-order valence-electron chi connectivity index (χ2n) is 5.68. The van der Waals surface area contributed by atoms with Gasteiger partial charge < -0.3 is 19.3 Å². The van der Waals surface area contributed by atoms with Crippen LogP contribution >= 0.6 is 11.6 Å². The van der Waals surface area contributed by atoms with Crippen molar-refractivity contribution in [3.63, 3.8) is 0 Å². The Morgan fingerprint density at radius 1 is 1.16 bits per heavy atom. The molecular formula is C17H19ClN4O3. The second kappa shape index (κ2) is 7.14. The van der Waals surface area contributed by atoms with E-state index in [4.69, 9.17) is 21.1 Å². The number of likely N-dealkylation sites (N-methyl/N-ethyl adjacent to an activating group) is 1. The number of hydrogen-bond donors (Lipinski definition) is 0. The van der Waals surface area contributed by atoms with E-state index < -0.39 is 0 Å². The van der Waals surface area contributed by atoms with Crippen LogP contribution in [0, 0.1) is 0 Å². The van der Waals surface area contributed by atoms with Crippen molar-refractivity contribution in [1.29, 1.82) is 0 Å². The lowest BCUT2D eigenvalue weighted by Crippen LogP contribution is -2.40. The number of carbonyl (C=O) groups excluding carboxylic acids is 1. The Morgan fingerprint density at radius 3 is 2.32 bits per heavy atom. The van der Waals surface area contributed by atoms with Crippen LogP contribution in [0.5, 0.6) is 11.5 Å². The number of nitrogens with zero attached hydrogens (tertiary/aromatic N) is 4. The average Bonchev–Trinajstić information content (AvgIpc) is 3.02. The highest BCUT2D eigenvalue weighted by molar-refractivity contribution is 6.30. The van der Waals surface area contributed by atoms with E-state index in [1.165, 1.54) is 12.4 Å². The van der Waals surface area contributed by atoms with E-state index >= 15 is 0 Å². The topological polar surface area (TPSA) is 67.8 Å². The van der Waals surface area contributed by atoms with Gasteiger partial charge in [0, 0.05) is 31.8 Å².